The van der Waals surface area contributed by atoms with Crippen LogP contribution in [0.15, 0.2) is 59.8 Å². The molecule has 34 heavy (non-hydrogen) atoms. The fraction of sp³-hybridized carbons (Fsp3) is 0.320. The number of benzene rings is 2. The maximum atomic E-state index is 13.3. The predicted molar refractivity (Wildman–Crippen MR) is 131 cm³/mol. The summed E-state index contributed by atoms with van der Waals surface area (Å²) >= 11 is 0. The minimum absolute atomic E-state index is 0.00702. The number of nitrogens with zero attached hydrogens (tertiary/aromatic N) is 3. The van der Waals surface area contributed by atoms with Crippen molar-refractivity contribution in [1.82, 2.24) is 19.6 Å². The number of carbonyl (C=O) groups is 1. The third kappa shape index (κ3) is 5.53. The van der Waals surface area contributed by atoms with Gasteiger partial charge in [-0.25, -0.2) is 18.4 Å². The number of anilines is 1. The number of likely N-dealkylation sites (N-methyl/N-ethyl adjacent to an activating group) is 1. The van der Waals surface area contributed by atoms with E-state index in [-0.39, 0.29) is 29.2 Å². The fourth-order valence-electron chi connectivity index (χ4n) is 4.14. The van der Waals surface area contributed by atoms with Gasteiger partial charge in [-0.15, -0.1) is 0 Å². The minimum atomic E-state index is -3.96. The van der Waals surface area contributed by atoms with Crippen LogP contribution in [0.25, 0.3) is 10.8 Å². The molecule has 1 saturated carbocycles. The Balaban J connectivity index is 1.59. The molecule has 1 aliphatic carbocycles. The van der Waals surface area contributed by atoms with Crippen molar-refractivity contribution in [2.75, 3.05) is 12.8 Å². The Bertz CT molecular complexity index is 1340. The lowest BCUT2D eigenvalue weighted by atomic mass is 10.1. The van der Waals surface area contributed by atoms with Crippen LogP contribution in [0.1, 0.15) is 37.7 Å². The molecular weight excluding hydrogens is 450 g/mol. The third-order valence-corrected chi connectivity index (χ3v) is 7.53. The van der Waals surface area contributed by atoms with Gasteiger partial charge in [0, 0.05) is 31.9 Å². The van der Waals surface area contributed by atoms with Gasteiger partial charge in [-0.05, 0) is 35.7 Å². The number of sulfonamides is 1. The highest BCUT2D eigenvalue weighted by atomic mass is 32.2. The predicted octanol–water partition coefficient (Wildman–Crippen LogP) is 2.70. The lowest BCUT2D eigenvalue weighted by Gasteiger charge is -2.28. The van der Waals surface area contributed by atoms with Gasteiger partial charge in [0.15, 0.2) is 0 Å². The van der Waals surface area contributed by atoms with Crippen LogP contribution in [0, 0.1) is 11.8 Å². The van der Waals surface area contributed by atoms with E-state index in [1.807, 2.05) is 24.3 Å². The Morgan fingerprint density at radius 1 is 1.15 bits per heavy atom. The molecule has 3 aromatic rings. The number of hydrogen-bond acceptors (Lipinski definition) is 6. The Kier molecular flexibility index (Phi) is 7.10. The highest BCUT2D eigenvalue weighted by molar-refractivity contribution is 7.89. The van der Waals surface area contributed by atoms with E-state index in [4.69, 9.17) is 5.73 Å². The van der Waals surface area contributed by atoms with Crippen molar-refractivity contribution in [3.63, 3.8) is 0 Å². The summed E-state index contributed by atoms with van der Waals surface area (Å²) in [5.74, 6) is 5.63. The smallest absolute Gasteiger partial charge is 0.241 e. The molecule has 176 valence electrons. The molecule has 1 fully saturated rings. The quantitative estimate of drug-likeness (QED) is 0.527. The second kappa shape index (κ2) is 10.2. The van der Waals surface area contributed by atoms with Crippen molar-refractivity contribution in [2.45, 2.75) is 49.1 Å². The van der Waals surface area contributed by atoms with Crippen LogP contribution in [0.5, 0.6) is 0 Å². The zero-order valence-electron chi connectivity index (χ0n) is 18.9. The van der Waals surface area contributed by atoms with E-state index in [1.54, 1.807) is 30.1 Å². The molecule has 2 aromatic carbocycles. The number of fused-ring (bicyclic) bond motifs is 1. The number of aromatic nitrogens is 2. The summed E-state index contributed by atoms with van der Waals surface area (Å²) in [4.78, 5) is 22.9. The van der Waals surface area contributed by atoms with E-state index < -0.39 is 16.1 Å². The van der Waals surface area contributed by atoms with Crippen LogP contribution < -0.4 is 10.5 Å². The number of nitrogens with one attached hydrogen (secondary N) is 1. The summed E-state index contributed by atoms with van der Waals surface area (Å²) in [6.45, 7) is 0. The molecule has 0 radical (unpaired) electrons. The van der Waals surface area contributed by atoms with E-state index >= 15 is 0 Å². The van der Waals surface area contributed by atoms with Gasteiger partial charge < -0.3 is 10.6 Å². The summed E-state index contributed by atoms with van der Waals surface area (Å²) in [6.07, 6.45) is 6.93. The van der Waals surface area contributed by atoms with Gasteiger partial charge in [0.2, 0.25) is 21.9 Å². The first-order valence-electron chi connectivity index (χ1n) is 11.2. The molecule has 0 unspecified atom stereocenters. The van der Waals surface area contributed by atoms with Gasteiger partial charge in [-0.3, -0.25) is 4.79 Å². The molecule has 8 nitrogen and oxygen atoms in total. The van der Waals surface area contributed by atoms with Crippen molar-refractivity contribution in [2.24, 2.45) is 0 Å². The van der Waals surface area contributed by atoms with Crippen molar-refractivity contribution in [3.05, 3.63) is 60.4 Å². The van der Waals surface area contributed by atoms with E-state index in [2.05, 4.69) is 26.5 Å². The SMILES string of the molecule is CN(C(=O)[C@H](CC#Cc1cnc(N)nc1)NS(=O)(=O)c1ccc2ccccc2c1)C1CCCC1. The van der Waals surface area contributed by atoms with Crippen LogP contribution in [0.2, 0.25) is 0 Å². The van der Waals surface area contributed by atoms with Gasteiger partial charge in [0.05, 0.1) is 10.5 Å². The maximum Gasteiger partial charge on any atom is 0.241 e. The number of amides is 1. The Hall–Kier alpha value is -3.48. The molecule has 0 aliphatic heterocycles. The molecule has 3 N–H and O–H groups in total. The van der Waals surface area contributed by atoms with E-state index in [0.29, 0.717) is 5.56 Å². The monoisotopic (exact) mass is 477 g/mol. The molecular formula is C25H27N5O3S. The minimum Gasteiger partial charge on any atom is -0.368 e. The van der Waals surface area contributed by atoms with E-state index in [1.165, 1.54) is 12.4 Å². The molecule has 0 saturated heterocycles. The normalized spacial score (nSPS) is 15.0. The van der Waals surface area contributed by atoms with Gasteiger partial charge in [-0.2, -0.15) is 4.72 Å². The zero-order valence-corrected chi connectivity index (χ0v) is 19.8. The van der Waals surface area contributed by atoms with Crippen molar-refractivity contribution < 1.29 is 13.2 Å². The lowest BCUT2D eigenvalue weighted by Crippen LogP contribution is -2.49. The highest BCUT2D eigenvalue weighted by Crippen LogP contribution is 2.24. The Morgan fingerprint density at radius 2 is 1.82 bits per heavy atom. The van der Waals surface area contributed by atoms with E-state index in [0.717, 1.165) is 36.5 Å². The molecule has 1 aromatic heterocycles. The van der Waals surface area contributed by atoms with Crippen molar-refractivity contribution in [1.29, 1.82) is 0 Å². The number of hydrogen-bond donors (Lipinski definition) is 2. The van der Waals surface area contributed by atoms with Gasteiger partial charge in [0.1, 0.15) is 6.04 Å². The fourth-order valence-corrected chi connectivity index (χ4v) is 5.37. The first-order chi connectivity index (χ1) is 16.3. The molecule has 0 bridgehead atoms. The first kappa shape index (κ1) is 23.7. The molecule has 4 rings (SSSR count). The average Bonchev–Trinajstić information content (AvgIpc) is 3.38. The molecule has 9 heteroatoms. The largest absolute Gasteiger partial charge is 0.368 e. The molecule has 0 spiro atoms. The van der Waals surface area contributed by atoms with Crippen LogP contribution in [-0.4, -0.2) is 48.3 Å². The molecule has 1 amide bonds. The highest BCUT2D eigenvalue weighted by Gasteiger charge is 2.31. The van der Waals surface area contributed by atoms with Gasteiger partial charge in [0.25, 0.3) is 0 Å². The summed E-state index contributed by atoms with van der Waals surface area (Å²) in [5, 5.41) is 1.74. The molecule has 1 atom stereocenters. The first-order valence-corrected chi connectivity index (χ1v) is 12.7. The van der Waals surface area contributed by atoms with Crippen LogP contribution in [0.3, 0.4) is 0 Å². The van der Waals surface area contributed by atoms with Gasteiger partial charge in [-0.1, -0.05) is 55.0 Å². The Labute approximate surface area is 199 Å². The number of nitrogens with two attached hydrogens (primary N) is 1. The van der Waals surface area contributed by atoms with Crippen LogP contribution in [-0.2, 0) is 14.8 Å². The Morgan fingerprint density at radius 3 is 2.53 bits per heavy atom. The van der Waals surface area contributed by atoms with E-state index in [9.17, 15) is 13.2 Å². The number of carbonyl (C=O) groups excluding carboxylic acids is 1. The second-order valence-corrected chi connectivity index (χ2v) is 10.1. The zero-order chi connectivity index (χ0) is 24.1. The van der Waals surface area contributed by atoms with Gasteiger partial charge >= 0.3 is 0 Å². The third-order valence-electron chi connectivity index (χ3n) is 6.06. The van der Waals surface area contributed by atoms with Crippen molar-refractivity contribution >= 4 is 32.7 Å². The standard InChI is InChI=1S/C25H27N5O3S/c1-30(21-10-4-5-11-21)24(31)23(12-6-7-18-16-27-25(26)28-17-18)29-34(32,33)22-14-13-19-8-2-3-9-20(19)15-22/h2-3,8-9,13-17,21,23,29H,4-5,10-12H2,1H3,(H2,26,27,28)/t23-/m0/s1. The molecule has 1 aliphatic rings. The summed E-state index contributed by atoms with van der Waals surface area (Å²) < 4.78 is 29.1. The number of nitrogen functional groups attached to an aromatic ring is 1. The summed E-state index contributed by atoms with van der Waals surface area (Å²) in [7, 11) is -2.23. The van der Waals surface area contributed by atoms with Crippen molar-refractivity contribution in [3.8, 4) is 11.8 Å². The van der Waals surface area contributed by atoms with Crippen LogP contribution >= 0.6 is 0 Å². The second-order valence-electron chi connectivity index (χ2n) is 8.41. The lowest BCUT2D eigenvalue weighted by molar-refractivity contribution is -0.133. The molecule has 1 heterocycles. The van der Waals surface area contributed by atoms with Crippen LogP contribution in [0.4, 0.5) is 5.95 Å². The summed E-state index contributed by atoms with van der Waals surface area (Å²) in [6, 6.07) is 11.5. The maximum absolute atomic E-state index is 13.3. The average molecular weight is 478 g/mol. The number of rotatable bonds is 6. The summed E-state index contributed by atoms with van der Waals surface area (Å²) in [5.41, 5.74) is 6.03. The topological polar surface area (TPSA) is 118 Å².